The molecule has 3 rings (SSSR count). The first-order valence-corrected chi connectivity index (χ1v) is 8.29. The normalized spacial score (nSPS) is 15.0. The van der Waals surface area contributed by atoms with Crippen LogP contribution in [0.25, 0.3) is 0 Å². The zero-order valence-electron chi connectivity index (χ0n) is 14.3. The lowest BCUT2D eigenvalue weighted by Gasteiger charge is -2.16. The summed E-state index contributed by atoms with van der Waals surface area (Å²) < 4.78 is 12.7. The van der Waals surface area contributed by atoms with Gasteiger partial charge in [0.2, 0.25) is 0 Å². The number of nitrogens with one attached hydrogen (secondary N) is 1. The van der Waals surface area contributed by atoms with Crippen LogP contribution in [0.1, 0.15) is 43.1 Å². The molecule has 6 nitrogen and oxygen atoms in total. The van der Waals surface area contributed by atoms with E-state index in [0.717, 1.165) is 0 Å². The van der Waals surface area contributed by atoms with E-state index in [4.69, 9.17) is 9.47 Å². The second-order valence-corrected chi connectivity index (χ2v) is 5.99. The molecule has 1 amide bonds. The number of hydrogen-bond acceptors (Lipinski definition) is 4. The Bertz CT molecular complexity index is 722. The maximum absolute atomic E-state index is 12.6. The van der Waals surface area contributed by atoms with Gasteiger partial charge in [0.25, 0.3) is 5.91 Å². The van der Waals surface area contributed by atoms with Gasteiger partial charge in [-0.05, 0) is 50.8 Å². The Kier molecular flexibility index (Phi) is 4.74. The van der Waals surface area contributed by atoms with Crippen LogP contribution >= 0.6 is 0 Å². The van der Waals surface area contributed by atoms with Crippen LogP contribution in [-0.4, -0.2) is 29.4 Å². The standard InChI is InChI=1S/C18H23N3O3/c1-4-24-15-8-7-14(11-16(15)23-3)18(22)20-17-9-10-19-21(17)12(2)13-5-6-13/h7-13H,4-6H2,1-3H3,(H,20,22). The van der Waals surface area contributed by atoms with Crippen molar-refractivity contribution in [1.82, 2.24) is 9.78 Å². The summed E-state index contributed by atoms with van der Waals surface area (Å²) in [5.41, 5.74) is 0.516. The summed E-state index contributed by atoms with van der Waals surface area (Å²) in [6, 6.07) is 7.29. The summed E-state index contributed by atoms with van der Waals surface area (Å²) in [4.78, 5) is 12.6. The number of benzene rings is 1. The number of amides is 1. The number of rotatable bonds is 7. The minimum absolute atomic E-state index is 0.193. The molecule has 0 spiro atoms. The minimum Gasteiger partial charge on any atom is -0.493 e. The highest BCUT2D eigenvalue weighted by molar-refractivity contribution is 6.04. The molecular formula is C18H23N3O3. The zero-order chi connectivity index (χ0) is 17.1. The van der Waals surface area contributed by atoms with E-state index in [2.05, 4.69) is 17.3 Å². The van der Waals surface area contributed by atoms with Gasteiger partial charge in [-0.15, -0.1) is 0 Å². The van der Waals surface area contributed by atoms with Crippen molar-refractivity contribution in [2.75, 3.05) is 19.0 Å². The number of ether oxygens (including phenoxy) is 2. The molecule has 1 N–H and O–H groups in total. The first-order chi connectivity index (χ1) is 11.6. The molecule has 24 heavy (non-hydrogen) atoms. The van der Waals surface area contributed by atoms with Crippen molar-refractivity contribution in [3.8, 4) is 11.5 Å². The van der Waals surface area contributed by atoms with Gasteiger partial charge in [0.15, 0.2) is 11.5 Å². The Morgan fingerprint density at radius 3 is 2.83 bits per heavy atom. The van der Waals surface area contributed by atoms with Gasteiger partial charge in [-0.1, -0.05) is 0 Å². The van der Waals surface area contributed by atoms with Gasteiger partial charge in [-0.3, -0.25) is 4.79 Å². The van der Waals surface area contributed by atoms with Gasteiger partial charge in [0.05, 0.1) is 26.0 Å². The van der Waals surface area contributed by atoms with Crippen LogP contribution in [0.4, 0.5) is 5.82 Å². The fourth-order valence-electron chi connectivity index (χ4n) is 2.79. The average Bonchev–Trinajstić information content (AvgIpc) is 3.34. The predicted octanol–water partition coefficient (Wildman–Crippen LogP) is 3.51. The van der Waals surface area contributed by atoms with Crippen LogP contribution in [0, 0.1) is 5.92 Å². The van der Waals surface area contributed by atoms with Crippen molar-refractivity contribution in [1.29, 1.82) is 0 Å². The molecule has 1 aliphatic carbocycles. The maximum Gasteiger partial charge on any atom is 0.256 e. The zero-order valence-corrected chi connectivity index (χ0v) is 14.3. The summed E-state index contributed by atoms with van der Waals surface area (Å²) in [6.07, 6.45) is 4.17. The van der Waals surface area contributed by atoms with Crippen molar-refractivity contribution < 1.29 is 14.3 Å². The average molecular weight is 329 g/mol. The highest BCUT2D eigenvalue weighted by atomic mass is 16.5. The van der Waals surface area contributed by atoms with Crippen molar-refractivity contribution >= 4 is 11.7 Å². The molecule has 1 fully saturated rings. The fraction of sp³-hybridized carbons (Fsp3) is 0.444. The second-order valence-electron chi connectivity index (χ2n) is 5.99. The van der Waals surface area contributed by atoms with E-state index in [0.29, 0.717) is 41.4 Å². The van der Waals surface area contributed by atoms with Crippen molar-refractivity contribution in [3.05, 3.63) is 36.0 Å². The summed E-state index contributed by atoms with van der Waals surface area (Å²) >= 11 is 0. The predicted molar refractivity (Wildman–Crippen MR) is 91.8 cm³/mol. The summed E-state index contributed by atoms with van der Waals surface area (Å²) in [7, 11) is 1.56. The first-order valence-electron chi connectivity index (χ1n) is 8.29. The molecule has 2 aromatic rings. The lowest BCUT2D eigenvalue weighted by molar-refractivity contribution is 0.102. The van der Waals surface area contributed by atoms with Crippen molar-refractivity contribution in [3.63, 3.8) is 0 Å². The molecule has 1 aliphatic rings. The van der Waals surface area contributed by atoms with Crippen LogP contribution in [0.5, 0.6) is 11.5 Å². The van der Waals surface area contributed by atoms with Gasteiger partial charge in [-0.25, -0.2) is 4.68 Å². The second kappa shape index (κ2) is 6.95. The van der Waals surface area contributed by atoms with Gasteiger partial charge in [0, 0.05) is 11.6 Å². The molecule has 0 radical (unpaired) electrons. The van der Waals surface area contributed by atoms with E-state index in [1.54, 1.807) is 31.5 Å². The third kappa shape index (κ3) is 3.37. The molecule has 1 aromatic heterocycles. The van der Waals surface area contributed by atoms with E-state index >= 15 is 0 Å². The van der Waals surface area contributed by atoms with Crippen LogP contribution < -0.4 is 14.8 Å². The van der Waals surface area contributed by atoms with E-state index in [1.807, 2.05) is 17.7 Å². The third-order valence-electron chi connectivity index (χ3n) is 4.33. The third-order valence-corrected chi connectivity index (χ3v) is 4.33. The Hall–Kier alpha value is -2.50. The molecule has 0 bridgehead atoms. The van der Waals surface area contributed by atoms with E-state index in [1.165, 1.54) is 12.8 Å². The molecule has 6 heteroatoms. The van der Waals surface area contributed by atoms with Crippen LogP contribution in [-0.2, 0) is 0 Å². The van der Waals surface area contributed by atoms with Crippen LogP contribution in [0.2, 0.25) is 0 Å². The molecular weight excluding hydrogens is 306 g/mol. The topological polar surface area (TPSA) is 65.4 Å². The van der Waals surface area contributed by atoms with Gasteiger partial charge in [0.1, 0.15) is 5.82 Å². The lowest BCUT2D eigenvalue weighted by atomic mass is 10.2. The number of methoxy groups -OCH3 is 1. The van der Waals surface area contributed by atoms with Crippen molar-refractivity contribution in [2.45, 2.75) is 32.7 Å². The minimum atomic E-state index is -0.193. The Morgan fingerprint density at radius 1 is 1.38 bits per heavy atom. The molecule has 1 aromatic carbocycles. The number of carbonyl (C=O) groups is 1. The smallest absolute Gasteiger partial charge is 0.256 e. The van der Waals surface area contributed by atoms with E-state index in [-0.39, 0.29) is 5.91 Å². The molecule has 0 saturated heterocycles. The van der Waals surface area contributed by atoms with Gasteiger partial charge >= 0.3 is 0 Å². The van der Waals surface area contributed by atoms with E-state index in [9.17, 15) is 4.79 Å². The summed E-state index contributed by atoms with van der Waals surface area (Å²) in [6.45, 7) is 4.59. The van der Waals surface area contributed by atoms with Crippen LogP contribution in [0.3, 0.4) is 0 Å². The number of aromatic nitrogens is 2. The van der Waals surface area contributed by atoms with Crippen molar-refractivity contribution in [2.24, 2.45) is 5.92 Å². The molecule has 1 unspecified atom stereocenters. The Morgan fingerprint density at radius 2 is 2.17 bits per heavy atom. The number of nitrogens with zero attached hydrogens (tertiary/aromatic N) is 2. The summed E-state index contributed by atoms with van der Waals surface area (Å²) in [5.74, 6) is 2.35. The monoisotopic (exact) mass is 329 g/mol. The fourth-order valence-corrected chi connectivity index (χ4v) is 2.79. The lowest BCUT2D eigenvalue weighted by Crippen LogP contribution is -2.18. The van der Waals surface area contributed by atoms with Gasteiger partial charge in [-0.2, -0.15) is 5.10 Å². The molecule has 1 saturated carbocycles. The Balaban J connectivity index is 1.77. The van der Waals surface area contributed by atoms with Crippen LogP contribution in [0.15, 0.2) is 30.5 Å². The molecule has 0 aliphatic heterocycles. The molecule has 128 valence electrons. The summed E-state index contributed by atoms with van der Waals surface area (Å²) in [5, 5.41) is 7.29. The maximum atomic E-state index is 12.6. The Labute approximate surface area is 141 Å². The first kappa shape index (κ1) is 16.4. The molecule has 1 heterocycles. The van der Waals surface area contributed by atoms with E-state index < -0.39 is 0 Å². The van der Waals surface area contributed by atoms with Gasteiger partial charge < -0.3 is 14.8 Å². The quantitative estimate of drug-likeness (QED) is 0.844. The number of carbonyl (C=O) groups excluding carboxylic acids is 1. The highest BCUT2D eigenvalue weighted by Gasteiger charge is 2.30. The SMILES string of the molecule is CCOc1ccc(C(=O)Nc2ccnn2C(C)C2CC2)cc1OC. The molecule has 1 atom stereocenters. The number of anilines is 1. The highest BCUT2D eigenvalue weighted by Crippen LogP contribution is 2.40. The largest absolute Gasteiger partial charge is 0.493 e. The number of hydrogen-bond donors (Lipinski definition) is 1.